The van der Waals surface area contributed by atoms with E-state index in [9.17, 15) is 0 Å². The van der Waals surface area contributed by atoms with Crippen LogP contribution in [0.5, 0.6) is 5.75 Å². The van der Waals surface area contributed by atoms with E-state index >= 15 is 0 Å². The van der Waals surface area contributed by atoms with Crippen LogP contribution in [0.1, 0.15) is 28.1 Å². The fourth-order valence-electron chi connectivity index (χ4n) is 3.46. The predicted molar refractivity (Wildman–Crippen MR) is 108 cm³/mol. The Hall–Kier alpha value is -2.59. The molecule has 2 aromatic carbocycles. The van der Waals surface area contributed by atoms with Gasteiger partial charge in [0, 0.05) is 13.8 Å². The molecule has 0 bridgehead atoms. The highest BCUT2D eigenvalue weighted by atomic mass is 79.9. The third kappa shape index (κ3) is 3.97. The van der Waals surface area contributed by atoms with E-state index in [0.717, 1.165) is 17.9 Å². The Kier molecular flexibility index (Phi) is 6.20. The molecule has 0 atom stereocenters. The van der Waals surface area contributed by atoms with Crippen molar-refractivity contribution >= 4 is 5.65 Å². The van der Waals surface area contributed by atoms with Gasteiger partial charge < -0.3 is 21.7 Å². The fraction of sp³-hybridized carbons (Fsp3) is 0.208. The summed E-state index contributed by atoms with van der Waals surface area (Å²) in [4.78, 5) is 0. The summed E-state index contributed by atoms with van der Waals surface area (Å²) in [6, 6.07) is 23.2. The normalized spacial score (nSPS) is 10.7. The maximum absolute atomic E-state index is 6.23. The summed E-state index contributed by atoms with van der Waals surface area (Å²) in [5.74, 6) is 0.907. The first kappa shape index (κ1) is 20.2. The van der Waals surface area contributed by atoms with Crippen molar-refractivity contribution < 1.29 is 26.3 Å². The number of pyridine rings is 1. The minimum absolute atomic E-state index is 0. The first-order valence-corrected chi connectivity index (χ1v) is 9.36. The van der Waals surface area contributed by atoms with E-state index in [2.05, 4.69) is 84.5 Å². The Morgan fingerprint density at radius 2 is 1.54 bits per heavy atom. The molecular formula is C24H25BrN2O. The first-order chi connectivity index (χ1) is 13.1. The summed E-state index contributed by atoms with van der Waals surface area (Å²) in [5, 5.41) is 0. The minimum atomic E-state index is 0. The Morgan fingerprint density at radius 3 is 2.25 bits per heavy atom. The SMILES string of the molecule is Cc1ccc(C[n+]2c(C)c(C)n3cccc(OCc4ccccc4)c32)cc1.[Br-]. The van der Waals surface area contributed by atoms with E-state index < -0.39 is 0 Å². The Balaban J connectivity index is 0.00000225. The van der Waals surface area contributed by atoms with Gasteiger partial charge in [-0.2, -0.15) is 4.40 Å². The van der Waals surface area contributed by atoms with Gasteiger partial charge >= 0.3 is 5.65 Å². The number of hydrogen-bond donors (Lipinski definition) is 0. The number of imidazole rings is 1. The molecule has 0 aliphatic heterocycles. The molecule has 4 heteroatoms. The van der Waals surface area contributed by atoms with Gasteiger partial charge in [0.2, 0.25) is 5.75 Å². The molecule has 0 unspecified atom stereocenters. The van der Waals surface area contributed by atoms with E-state index in [1.807, 2.05) is 18.2 Å². The highest BCUT2D eigenvalue weighted by Crippen LogP contribution is 2.22. The molecule has 0 radical (unpaired) electrons. The molecule has 0 saturated heterocycles. The summed E-state index contributed by atoms with van der Waals surface area (Å²) >= 11 is 0. The van der Waals surface area contributed by atoms with Crippen LogP contribution >= 0.6 is 0 Å². The zero-order valence-corrected chi connectivity index (χ0v) is 18.1. The van der Waals surface area contributed by atoms with Gasteiger partial charge in [-0.05, 0) is 30.2 Å². The molecule has 0 saturated carbocycles. The van der Waals surface area contributed by atoms with Crippen molar-refractivity contribution in [3.05, 3.63) is 101 Å². The van der Waals surface area contributed by atoms with Gasteiger partial charge in [-0.3, -0.25) is 0 Å². The number of aryl methyl sites for hydroxylation is 2. The van der Waals surface area contributed by atoms with Crippen molar-refractivity contribution in [2.45, 2.75) is 33.9 Å². The Bertz CT molecular complexity index is 1070. The lowest BCUT2D eigenvalue weighted by Gasteiger charge is -2.07. The number of rotatable bonds is 5. The summed E-state index contributed by atoms with van der Waals surface area (Å²) < 4.78 is 10.8. The van der Waals surface area contributed by atoms with Crippen LogP contribution in [0.3, 0.4) is 0 Å². The molecule has 2 heterocycles. The first-order valence-electron chi connectivity index (χ1n) is 9.36. The van der Waals surface area contributed by atoms with E-state index in [4.69, 9.17) is 4.74 Å². The van der Waals surface area contributed by atoms with Crippen molar-refractivity contribution in [3.8, 4) is 5.75 Å². The van der Waals surface area contributed by atoms with Gasteiger partial charge in [0.1, 0.15) is 24.5 Å². The van der Waals surface area contributed by atoms with Crippen molar-refractivity contribution in [1.29, 1.82) is 0 Å². The molecule has 0 fully saturated rings. The smallest absolute Gasteiger partial charge is 0.329 e. The van der Waals surface area contributed by atoms with Crippen LogP contribution < -0.4 is 26.3 Å². The number of hydrogen-bond acceptors (Lipinski definition) is 1. The zero-order chi connectivity index (χ0) is 18.8. The monoisotopic (exact) mass is 436 g/mol. The summed E-state index contributed by atoms with van der Waals surface area (Å²) in [6.07, 6.45) is 2.11. The maximum atomic E-state index is 6.23. The molecule has 4 aromatic rings. The van der Waals surface area contributed by atoms with Crippen LogP contribution in [0, 0.1) is 20.8 Å². The molecule has 0 spiro atoms. The molecule has 0 aliphatic carbocycles. The number of benzene rings is 2. The number of ether oxygens (including phenoxy) is 1. The standard InChI is InChI=1S/C24H25N2O.BrH/c1-18-11-13-21(14-12-18)16-26-20(3)19(2)25-15-7-10-23(24(25)26)27-17-22-8-5-4-6-9-22;/h4-15H,16-17H2,1-3H3;1H/q+1;/p-1. The van der Waals surface area contributed by atoms with Crippen molar-refractivity contribution in [2.24, 2.45) is 0 Å². The lowest BCUT2D eigenvalue weighted by Crippen LogP contribution is -3.00. The average Bonchev–Trinajstić information content (AvgIpc) is 2.94. The Morgan fingerprint density at radius 1 is 0.821 bits per heavy atom. The minimum Gasteiger partial charge on any atom is -1.00 e. The van der Waals surface area contributed by atoms with E-state index in [1.54, 1.807) is 0 Å². The Labute approximate surface area is 177 Å². The largest absolute Gasteiger partial charge is 1.00 e. The average molecular weight is 437 g/mol. The van der Waals surface area contributed by atoms with Crippen molar-refractivity contribution in [2.75, 3.05) is 0 Å². The van der Waals surface area contributed by atoms with Crippen molar-refractivity contribution in [1.82, 2.24) is 4.40 Å². The second kappa shape index (κ2) is 8.61. The van der Waals surface area contributed by atoms with Crippen molar-refractivity contribution in [3.63, 3.8) is 0 Å². The van der Waals surface area contributed by atoms with Gasteiger partial charge in [0.25, 0.3) is 0 Å². The van der Waals surface area contributed by atoms with E-state index in [1.165, 1.54) is 28.1 Å². The molecule has 0 amide bonds. The summed E-state index contributed by atoms with van der Waals surface area (Å²) in [7, 11) is 0. The van der Waals surface area contributed by atoms with E-state index in [0.29, 0.717) is 6.61 Å². The number of aromatic nitrogens is 2. The van der Waals surface area contributed by atoms with Crippen LogP contribution in [-0.4, -0.2) is 4.40 Å². The van der Waals surface area contributed by atoms with Crippen LogP contribution in [0.4, 0.5) is 0 Å². The molecule has 0 N–H and O–H groups in total. The van der Waals surface area contributed by atoms with Crippen LogP contribution in [-0.2, 0) is 13.2 Å². The fourth-order valence-corrected chi connectivity index (χ4v) is 3.46. The quantitative estimate of drug-likeness (QED) is 0.436. The van der Waals surface area contributed by atoms with Gasteiger partial charge in [-0.25, -0.2) is 4.57 Å². The van der Waals surface area contributed by atoms with Gasteiger partial charge in [0.05, 0.1) is 6.20 Å². The third-order valence-electron chi connectivity index (χ3n) is 5.18. The van der Waals surface area contributed by atoms with Gasteiger partial charge in [-0.15, -0.1) is 0 Å². The number of halogens is 1. The van der Waals surface area contributed by atoms with Gasteiger partial charge in [0.15, 0.2) is 0 Å². The number of fused-ring (bicyclic) bond motifs is 1. The van der Waals surface area contributed by atoms with Crippen LogP contribution in [0.15, 0.2) is 72.9 Å². The molecule has 144 valence electrons. The third-order valence-corrected chi connectivity index (χ3v) is 5.18. The topological polar surface area (TPSA) is 17.5 Å². The predicted octanol–water partition coefficient (Wildman–Crippen LogP) is 1.78. The van der Waals surface area contributed by atoms with Crippen LogP contribution in [0.2, 0.25) is 0 Å². The van der Waals surface area contributed by atoms with Crippen LogP contribution in [0.25, 0.3) is 5.65 Å². The van der Waals surface area contributed by atoms with Gasteiger partial charge in [-0.1, -0.05) is 60.2 Å². The highest BCUT2D eigenvalue weighted by Gasteiger charge is 2.23. The highest BCUT2D eigenvalue weighted by molar-refractivity contribution is 5.51. The molecule has 0 aliphatic rings. The number of nitrogens with zero attached hydrogens (tertiary/aromatic N) is 2. The molecular weight excluding hydrogens is 412 g/mol. The lowest BCUT2D eigenvalue weighted by molar-refractivity contribution is -0.668. The van der Waals surface area contributed by atoms with E-state index in [-0.39, 0.29) is 17.0 Å². The maximum Gasteiger partial charge on any atom is 0.329 e. The molecule has 2 aromatic heterocycles. The second-order valence-electron chi connectivity index (χ2n) is 7.08. The molecule has 28 heavy (non-hydrogen) atoms. The molecule has 3 nitrogen and oxygen atoms in total. The summed E-state index contributed by atoms with van der Waals surface area (Å²) in [6.45, 7) is 7.85. The molecule has 4 rings (SSSR count). The zero-order valence-electron chi connectivity index (χ0n) is 16.5. The summed E-state index contributed by atoms with van der Waals surface area (Å²) in [5.41, 5.74) is 7.34. The lowest BCUT2D eigenvalue weighted by atomic mass is 10.1. The second-order valence-corrected chi connectivity index (χ2v) is 7.08.